The van der Waals surface area contributed by atoms with Gasteiger partial charge in [-0.3, -0.25) is 4.99 Å². The maximum atomic E-state index is 13.3. The number of nitrogens with two attached hydrogens (primary N) is 1. The van der Waals surface area contributed by atoms with Gasteiger partial charge in [-0.05, 0) is 11.6 Å². The minimum Gasteiger partial charge on any atom is -0.404 e. The normalized spacial score (nSPS) is 11.2. The fourth-order valence-corrected chi connectivity index (χ4v) is 1.21. The molecular weight excluding hydrogens is 219 g/mol. The Morgan fingerprint density at radius 3 is 2.53 bits per heavy atom. The number of benzene rings is 1. The van der Waals surface area contributed by atoms with Gasteiger partial charge in [-0.25, -0.2) is 4.39 Å². The van der Waals surface area contributed by atoms with E-state index in [0.29, 0.717) is 11.1 Å². The van der Waals surface area contributed by atoms with Gasteiger partial charge < -0.3 is 10.8 Å². The van der Waals surface area contributed by atoms with Crippen molar-refractivity contribution in [1.82, 2.24) is 0 Å². The van der Waals surface area contributed by atoms with Gasteiger partial charge in [-0.2, -0.15) is 0 Å². The zero-order chi connectivity index (χ0) is 13.3. The van der Waals surface area contributed by atoms with Crippen LogP contribution in [0.3, 0.4) is 0 Å². The third-order valence-electron chi connectivity index (χ3n) is 2.00. The highest BCUT2D eigenvalue weighted by molar-refractivity contribution is 6.09. The summed E-state index contributed by atoms with van der Waals surface area (Å²) in [6, 6.07) is 4.54. The first-order valence-corrected chi connectivity index (χ1v) is 5.46. The molecule has 0 unspecified atom stereocenters. The first-order chi connectivity index (χ1) is 8.22. The Labute approximate surface area is 101 Å². The second kappa shape index (κ2) is 8.47. The number of hydrogen-bond donors (Lipinski definition) is 2. The van der Waals surface area contributed by atoms with Crippen LogP contribution in [0.4, 0.5) is 4.39 Å². The summed E-state index contributed by atoms with van der Waals surface area (Å²) in [6.45, 7) is 3.69. The summed E-state index contributed by atoms with van der Waals surface area (Å²) in [6.07, 6.45) is 2.91. The number of aliphatic hydroxyl groups excluding tert-OH is 1. The Morgan fingerprint density at radius 2 is 2.12 bits per heavy atom. The minimum absolute atomic E-state index is 0.267. The largest absolute Gasteiger partial charge is 0.404 e. The molecule has 0 spiro atoms. The van der Waals surface area contributed by atoms with Gasteiger partial charge in [-0.1, -0.05) is 26.0 Å². The Kier molecular flexibility index (Phi) is 7.63. The van der Waals surface area contributed by atoms with Gasteiger partial charge in [0.25, 0.3) is 0 Å². The summed E-state index contributed by atoms with van der Waals surface area (Å²) in [5, 5.41) is 8.80. The molecule has 0 heterocycles. The molecular formula is C13H19FN2O. The zero-order valence-corrected chi connectivity index (χ0v) is 10.4. The molecule has 4 heteroatoms. The van der Waals surface area contributed by atoms with Crippen molar-refractivity contribution in [2.24, 2.45) is 10.7 Å². The van der Waals surface area contributed by atoms with E-state index >= 15 is 0 Å². The predicted octanol–water partition coefficient (Wildman–Crippen LogP) is 2.34. The standard InChI is InChI=1S/C11H13FN2O.C2H6/c1-14-6-10(5-13)8-2-3-9(7-15)11(12)4-8;1-2/h2-6,15H,7,13H2,1H3;1-2H3/b10-5+,14-6?;. The number of halogens is 1. The number of aliphatic imine (C=N–C) groups is 1. The van der Waals surface area contributed by atoms with E-state index in [4.69, 9.17) is 10.8 Å². The molecule has 1 rings (SSSR count). The minimum atomic E-state index is -0.446. The summed E-state index contributed by atoms with van der Waals surface area (Å²) < 4.78 is 13.3. The number of nitrogens with zero attached hydrogens (tertiary/aromatic N) is 1. The van der Waals surface area contributed by atoms with Crippen LogP contribution in [0.5, 0.6) is 0 Å². The van der Waals surface area contributed by atoms with Gasteiger partial charge in [0.1, 0.15) is 5.82 Å². The third-order valence-corrected chi connectivity index (χ3v) is 2.00. The molecule has 0 aliphatic carbocycles. The molecule has 0 aliphatic rings. The molecule has 0 aromatic heterocycles. The Bertz CT molecular complexity index is 400. The highest BCUT2D eigenvalue weighted by Crippen LogP contribution is 2.16. The highest BCUT2D eigenvalue weighted by atomic mass is 19.1. The van der Waals surface area contributed by atoms with Crippen molar-refractivity contribution >= 4 is 11.8 Å². The van der Waals surface area contributed by atoms with Crippen molar-refractivity contribution in [3.05, 3.63) is 41.3 Å². The maximum Gasteiger partial charge on any atom is 0.129 e. The van der Waals surface area contributed by atoms with E-state index in [9.17, 15) is 4.39 Å². The number of hydrogen-bond acceptors (Lipinski definition) is 3. The monoisotopic (exact) mass is 238 g/mol. The van der Waals surface area contributed by atoms with Crippen LogP contribution in [0.25, 0.3) is 5.57 Å². The van der Waals surface area contributed by atoms with E-state index < -0.39 is 5.82 Å². The van der Waals surface area contributed by atoms with Crippen molar-refractivity contribution in [3.8, 4) is 0 Å². The van der Waals surface area contributed by atoms with Crippen LogP contribution < -0.4 is 5.73 Å². The van der Waals surface area contributed by atoms with E-state index in [0.717, 1.165) is 0 Å². The van der Waals surface area contributed by atoms with Gasteiger partial charge in [-0.15, -0.1) is 0 Å². The van der Waals surface area contributed by atoms with Crippen LogP contribution in [0.15, 0.2) is 29.4 Å². The quantitative estimate of drug-likeness (QED) is 0.794. The topological polar surface area (TPSA) is 58.6 Å². The molecule has 94 valence electrons. The van der Waals surface area contributed by atoms with Crippen molar-refractivity contribution in [2.45, 2.75) is 20.5 Å². The van der Waals surface area contributed by atoms with Gasteiger partial charge in [0.2, 0.25) is 0 Å². The number of rotatable bonds is 3. The molecule has 3 nitrogen and oxygen atoms in total. The summed E-state index contributed by atoms with van der Waals surface area (Å²) in [5.74, 6) is -0.446. The van der Waals surface area contributed by atoms with Gasteiger partial charge >= 0.3 is 0 Å². The van der Waals surface area contributed by atoms with Crippen LogP contribution in [0, 0.1) is 5.82 Å². The van der Waals surface area contributed by atoms with Crippen LogP contribution in [0.1, 0.15) is 25.0 Å². The van der Waals surface area contributed by atoms with Crippen molar-refractivity contribution < 1.29 is 9.50 Å². The lowest BCUT2D eigenvalue weighted by atomic mass is 10.1. The fraction of sp³-hybridized carbons (Fsp3) is 0.308. The average molecular weight is 238 g/mol. The van der Waals surface area contributed by atoms with Crippen LogP contribution in [-0.4, -0.2) is 18.4 Å². The van der Waals surface area contributed by atoms with Crippen LogP contribution in [0.2, 0.25) is 0 Å². The lowest BCUT2D eigenvalue weighted by molar-refractivity contribution is 0.275. The van der Waals surface area contributed by atoms with Crippen LogP contribution >= 0.6 is 0 Å². The van der Waals surface area contributed by atoms with E-state index in [2.05, 4.69) is 4.99 Å². The van der Waals surface area contributed by atoms with Crippen molar-refractivity contribution in [3.63, 3.8) is 0 Å². The SMILES string of the molecule is CC.CN=C/C(=C\N)c1ccc(CO)c(F)c1. The molecule has 0 saturated carbocycles. The molecule has 0 atom stereocenters. The fourth-order valence-electron chi connectivity index (χ4n) is 1.21. The Balaban J connectivity index is 0.00000121. The van der Waals surface area contributed by atoms with Crippen molar-refractivity contribution in [2.75, 3.05) is 7.05 Å². The predicted molar refractivity (Wildman–Crippen MR) is 70.3 cm³/mol. The maximum absolute atomic E-state index is 13.3. The number of allylic oxidation sites excluding steroid dienone is 1. The van der Waals surface area contributed by atoms with E-state index in [-0.39, 0.29) is 12.2 Å². The second-order valence-electron chi connectivity index (χ2n) is 2.97. The first kappa shape index (κ1) is 15.3. The molecule has 0 saturated heterocycles. The third kappa shape index (κ3) is 4.36. The summed E-state index contributed by atoms with van der Waals surface area (Å²) >= 11 is 0. The molecule has 1 aromatic rings. The molecule has 3 N–H and O–H groups in total. The molecule has 17 heavy (non-hydrogen) atoms. The Morgan fingerprint density at radius 1 is 1.47 bits per heavy atom. The van der Waals surface area contributed by atoms with Gasteiger partial charge in [0, 0.05) is 30.6 Å². The average Bonchev–Trinajstić information content (AvgIpc) is 2.38. The molecule has 0 radical (unpaired) electrons. The molecule has 0 amide bonds. The van der Waals surface area contributed by atoms with E-state index in [1.165, 1.54) is 18.3 Å². The Hall–Kier alpha value is -1.68. The van der Waals surface area contributed by atoms with Gasteiger partial charge in [0.05, 0.1) is 6.61 Å². The smallest absolute Gasteiger partial charge is 0.129 e. The highest BCUT2D eigenvalue weighted by Gasteiger charge is 2.04. The molecule has 0 aliphatic heterocycles. The lowest BCUT2D eigenvalue weighted by Crippen LogP contribution is -1.95. The second-order valence-corrected chi connectivity index (χ2v) is 2.97. The number of aliphatic hydroxyl groups is 1. The summed E-state index contributed by atoms with van der Waals surface area (Å²) in [5.41, 5.74) is 6.93. The van der Waals surface area contributed by atoms with Crippen molar-refractivity contribution in [1.29, 1.82) is 0 Å². The van der Waals surface area contributed by atoms with Gasteiger partial charge in [0.15, 0.2) is 0 Å². The molecule has 1 aromatic carbocycles. The summed E-state index contributed by atoms with van der Waals surface area (Å²) in [4.78, 5) is 3.81. The zero-order valence-electron chi connectivity index (χ0n) is 10.4. The van der Waals surface area contributed by atoms with E-state index in [1.807, 2.05) is 13.8 Å². The molecule has 0 fully saturated rings. The lowest BCUT2D eigenvalue weighted by Gasteiger charge is -2.04. The summed E-state index contributed by atoms with van der Waals surface area (Å²) in [7, 11) is 1.61. The van der Waals surface area contributed by atoms with E-state index in [1.54, 1.807) is 19.3 Å². The molecule has 0 bridgehead atoms. The van der Waals surface area contributed by atoms with Crippen LogP contribution in [-0.2, 0) is 6.61 Å². The first-order valence-electron chi connectivity index (χ1n) is 5.46.